The standard InChI is InChI=1S/C2HF4O4P/c3-1(4)2(5,6)10-11(7,8)9-1/h(H,7,8). The third-order valence-corrected chi connectivity index (χ3v) is 1.72. The van der Waals surface area contributed by atoms with Gasteiger partial charge >= 0.3 is 20.0 Å². The normalized spacial score (nSPS) is 32.1. The van der Waals surface area contributed by atoms with E-state index in [1.165, 1.54) is 0 Å². The summed E-state index contributed by atoms with van der Waals surface area (Å²) in [4.78, 5) is 8.02. The molecule has 0 aromatic rings. The molecule has 0 radical (unpaired) electrons. The lowest BCUT2D eigenvalue weighted by atomic mass is 10.6. The van der Waals surface area contributed by atoms with E-state index >= 15 is 0 Å². The zero-order valence-electron chi connectivity index (χ0n) is 4.63. The molecule has 0 aromatic carbocycles. The first-order chi connectivity index (χ1) is 4.66. The lowest BCUT2D eigenvalue weighted by Crippen LogP contribution is -2.36. The molecule has 0 bridgehead atoms. The second-order valence-electron chi connectivity index (χ2n) is 1.68. The van der Waals surface area contributed by atoms with Crippen LogP contribution in [0.4, 0.5) is 17.6 Å². The fraction of sp³-hybridized carbons (Fsp3) is 1.00. The second-order valence-corrected chi connectivity index (χ2v) is 2.99. The Bertz CT molecular complexity index is 206. The Morgan fingerprint density at radius 3 is 1.45 bits per heavy atom. The van der Waals surface area contributed by atoms with Crippen molar-refractivity contribution >= 4 is 7.82 Å². The molecule has 1 fully saturated rings. The van der Waals surface area contributed by atoms with Crippen LogP contribution in [-0.4, -0.2) is 17.1 Å². The summed E-state index contributed by atoms with van der Waals surface area (Å²) in [6, 6.07) is 0. The molecule has 1 heterocycles. The van der Waals surface area contributed by atoms with E-state index in [4.69, 9.17) is 4.89 Å². The third-order valence-electron chi connectivity index (χ3n) is 0.799. The minimum Gasteiger partial charge on any atom is -0.302 e. The van der Waals surface area contributed by atoms with Gasteiger partial charge in [0.2, 0.25) is 0 Å². The number of phosphoric ester groups is 1. The van der Waals surface area contributed by atoms with Gasteiger partial charge in [0, 0.05) is 0 Å². The molecule has 1 N–H and O–H groups in total. The first-order valence-corrected chi connectivity index (χ1v) is 3.66. The van der Waals surface area contributed by atoms with Gasteiger partial charge in [0.25, 0.3) is 0 Å². The minimum atomic E-state index is -5.29. The summed E-state index contributed by atoms with van der Waals surface area (Å²) in [5.74, 6) is 0. The van der Waals surface area contributed by atoms with Gasteiger partial charge in [0.1, 0.15) is 0 Å². The lowest BCUT2D eigenvalue weighted by Gasteiger charge is -2.10. The zero-order valence-corrected chi connectivity index (χ0v) is 5.53. The summed E-state index contributed by atoms with van der Waals surface area (Å²) in [5.41, 5.74) is 0. The molecule has 0 amide bonds. The Morgan fingerprint density at radius 2 is 1.36 bits per heavy atom. The number of rotatable bonds is 0. The summed E-state index contributed by atoms with van der Waals surface area (Å²) in [7, 11) is -5.29. The maximum absolute atomic E-state index is 11.8. The zero-order chi connectivity index (χ0) is 8.91. The molecular formula is C2HF4O4P. The first-order valence-electron chi connectivity index (χ1n) is 2.16. The van der Waals surface area contributed by atoms with Crippen LogP contribution >= 0.6 is 7.82 Å². The van der Waals surface area contributed by atoms with E-state index < -0.39 is 20.0 Å². The molecule has 0 unspecified atom stereocenters. The second kappa shape index (κ2) is 1.95. The molecule has 0 atom stereocenters. The first kappa shape index (κ1) is 8.92. The van der Waals surface area contributed by atoms with E-state index in [0.29, 0.717) is 0 Å². The maximum atomic E-state index is 11.8. The molecule has 9 heteroatoms. The fourth-order valence-electron chi connectivity index (χ4n) is 0.415. The van der Waals surface area contributed by atoms with E-state index in [0.717, 1.165) is 0 Å². The Kier molecular flexibility index (Phi) is 1.58. The SMILES string of the molecule is O=P1(O)OC(F)(F)C(F)(F)O1. The average Bonchev–Trinajstić information content (AvgIpc) is 1.66. The monoisotopic (exact) mass is 196 g/mol. The van der Waals surface area contributed by atoms with Gasteiger partial charge in [-0.3, -0.25) is 0 Å². The Hall–Kier alpha value is -0.170. The number of alkyl halides is 4. The van der Waals surface area contributed by atoms with Crippen LogP contribution in [0.15, 0.2) is 0 Å². The molecule has 0 spiro atoms. The minimum absolute atomic E-state index is 2.76. The van der Waals surface area contributed by atoms with Crippen LogP contribution in [0.5, 0.6) is 0 Å². The third kappa shape index (κ3) is 1.39. The van der Waals surface area contributed by atoms with Crippen molar-refractivity contribution in [3.05, 3.63) is 0 Å². The number of phosphoric acid groups is 1. The van der Waals surface area contributed by atoms with E-state index in [9.17, 15) is 22.1 Å². The molecule has 0 aliphatic carbocycles. The van der Waals surface area contributed by atoms with Crippen LogP contribution in [0.25, 0.3) is 0 Å². The summed E-state index contributed by atoms with van der Waals surface area (Å²) in [5, 5.41) is 0. The maximum Gasteiger partial charge on any atom is 0.482 e. The van der Waals surface area contributed by atoms with Gasteiger partial charge in [-0.1, -0.05) is 0 Å². The van der Waals surface area contributed by atoms with Crippen LogP contribution in [-0.2, 0) is 13.6 Å². The van der Waals surface area contributed by atoms with Crippen molar-refractivity contribution in [3.63, 3.8) is 0 Å². The topological polar surface area (TPSA) is 55.8 Å². The van der Waals surface area contributed by atoms with Crippen molar-refractivity contribution in [2.24, 2.45) is 0 Å². The van der Waals surface area contributed by atoms with E-state index in [1.54, 1.807) is 0 Å². The van der Waals surface area contributed by atoms with Crippen molar-refractivity contribution in [3.8, 4) is 0 Å². The van der Waals surface area contributed by atoms with E-state index in [2.05, 4.69) is 9.05 Å². The van der Waals surface area contributed by atoms with Gasteiger partial charge in [0.15, 0.2) is 0 Å². The van der Waals surface area contributed by atoms with Crippen molar-refractivity contribution in [2.75, 3.05) is 0 Å². The van der Waals surface area contributed by atoms with E-state index in [-0.39, 0.29) is 0 Å². The predicted molar refractivity (Wildman–Crippen MR) is 21.9 cm³/mol. The highest BCUT2D eigenvalue weighted by Crippen LogP contribution is 2.63. The average molecular weight is 196 g/mol. The summed E-state index contributed by atoms with van der Waals surface area (Å²) in [6.07, 6.45) is -10.1. The molecule has 4 nitrogen and oxygen atoms in total. The van der Waals surface area contributed by atoms with Crippen molar-refractivity contribution in [1.29, 1.82) is 0 Å². The fourth-order valence-corrected chi connectivity index (χ4v) is 1.24. The highest BCUT2D eigenvalue weighted by Gasteiger charge is 2.72. The van der Waals surface area contributed by atoms with Crippen LogP contribution in [0.1, 0.15) is 0 Å². The van der Waals surface area contributed by atoms with Gasteiger partial charge in [-0.15, -0.1) is 0 Å². The smallest absolute Gasteiger partial charge is 0.302 e. The molecule has 1 aliphatic heterocycles. The van der Waals surface area contributed by atoms with Crippen LogP contribution < -0.4 is 0 Å². The molecule has 1 aliphatic rings. The largest absolute Gasteiger partial charge is 0.482 e. The molecule has 1 saturated heterocycles. The number of halogens is 4. The van der Waals surface area contributed by atoms with Gasteiger partial charge < -0.3 is 4.89 Å². The molecule has 11 heavy (non-hydrogen) atoms. The van der Waals surface area contributed by atoms with Gasteiger partial charge in [-0.05, 0) is 0 Å². The lowest BCUT2D eigenvalue weighted by molar-refractivity contribution is -0.344. The van der Waals surface area contributed by atoms with Crippen molar-refractivity contribution < 1.29 is 36.1 Å². The Morgan fingerprint density at radius 1 is 1.09 bits per heavy atom. The number of hydrogen-bond acceptors (Lipinski definition) is 3. The van der Waals surface area contributed by atoms with E-state index in [1.807, 2.05) is 0 Å². The van der Waals surface area contributed by atoms with Crippen molar-refractivity contribution in [1.82, 2.24) is 0 Å². The molecule has 0 saturated carbocycles. The molecule has 0 aromatic heterocycles. The van der Waals surface area contributed by atoms with Gasteiger partial charge in [-0.2, -0.15) is 17.6 Å². The van der Waals surface area contributed by atoms with Crippen LogP contribution in [0.2, 0.25) is 0 Å². The van der Waals surface area contributed by atoms with Crippen molar-refractivity contribution in [2.45, 2.75) is 12.2 Å². The highest BCUT2D eigenvalue weighted by atomic mass is 31.2. The Labute approximate surface area is 57.3 Å². The predicted octanol–water partition coefficient (Wildman–Crippen LogP) is 1.32. The molecule has 66 valence electrons. The summed E-state index contributed by atoms with van der Waals surface area (Å²) in [6.45, 7) is 0. The summed E-state index contributed by atoms with van der Waals surface area (Å²) < 4.78 is 62.7. The highest BCUT2D eigenvalue weighted by molar-refractivity contribution is 7.47. The number of hydrogen-bond donors (Lipinski definition) is 1. The van der Waals surface area contributed by atoms with Crippen LogP contribution in [0, 0.1) is 0 Å². The Balaban J connectivity index is 2.98. The molecular weight excluding hydrogens is 195 g/mol. The van der Waals surface area contributed by atoms with Gasteiger partial charge in [-0.25, -0.2) is 13.6 Å². The molecule has 1 rings (SSSR count). The van der Waals surface area contributed by atoms with Crippen LogP contribution in [0.3, 0.4) is 0 Å². The summed E-state index contributed by atoms with van der Waals surface area (Å²) >= 11 is 0. The quantitative estimate of drug-likeness (QED) is 0.468. The van der Waals surface area contributed by atoms with Gasteiger partial charge in [0.05, 0.1) is 0 Å².